The van der Waals surface area contributed by atoms with Gasteiger partial charge in [-0.3, -0.25) is 9.59 Å². The van der Waals surface area contributed by atoms with Gasteiger partial charge in [-0.2, -0.15) is 0 Å². The summed E-state index contributed by atoms with van der Waals surface area (Å²) in [6.45, 7) is 0. The zero-order valence-corrected chi connectivity index (χ0v) is 12.7. The van der Waals surface area contributed by atoms with Crippen LogP contribution in [-0.4, -0.2) is 24.2 Å². The Balaban J connectivity index is 2.19. The predicted molar refractivity (Wildman–Crippen MR) is 79.0 cm³/mol. The molecule has 0 bridgehead atoms. The predicted octanol–water partition coefficient (Wildman–Crippen LogP) is 3.12. The summed E-state index contributed by atoms with van der Waals surface area (Å²) in [6, 6.07) is 5.02. The third kappa shape index (κ3) is 3.84. The third-order valence-electron chi connectivity index (χ3n) is 4.53. The van der Waals surface area contributed by atoms with Gasteiger partial charge in [-0.1, -0.05) is 12.1 Å². The van der Waals surface area contributed by atoms with Crippen LogP contribution in [0.15, 0.2) is 18.2 Å². The van der Waals surface area contributed by atoms with Crippen LogP contribution in [0.5, 0.6) is 0 Å². The van der Waals surface area contributed by atoms with Gasteiger partial charge >= 0.3 is 11.9 Å². The largest absolute Gasteiger partial charge is 0.481 e. The standard InChI is InChI=1S/C17H21FO4/c1-22-16(21)11-17(8-3-6-15(19)20)9-7-13-12(10-17)4-2-5-14(13)18/h2,4-5H,3,6-11H2,1H3,(H,19,20)/t17-/m1/s1. The molecule has 0 radical (unpaired) electrons. The summed E-state index contributed by atoms with van der Waals surface area (Å²) < 4.78 is 18.6. The van der Waals surface area contributed by atoms with E-state index in [1.165, 1.54) is 13.2 Å². The van der Waals surface area contributed by atoms with Gasteiger partial charge in [-0.15, -0.1) is 0 Å². The Morgan fingerprint density at radius 1 is 1.41 bits per heavy atom. The number of aliphatic carboxylic acids is 1. The molecule has 0 heterocycles. The van der Waals surface area contributed by atoms with Crippen molar-refractivity contribution < 1.29 is 23.8 Å². The number of hydrogen-bond donors (Lipinski definition) is 1. The van der Waals surface area contributed by atoms with Crippen molar-refractivity contribution in [3.05, 3.63) is 35.1 Å². The number of esters is 1. The van der Waals surface area contributed by atoms with Crippen molar-refractivity contribution in [2.45, 2.75) is 44.9 Å². The number of benzene rings is 1. The molecule has 1 N–H and O–H groups in total. The van der Waals surface area contributed by atoms with Gasteiger partial charge in [-0.25, -0.2) is 4.39 Å². The highest BCUT2D eigenvalue weighted by Gasteiger charge is 2.37. The van der Waals surface area contributed by atoms with Crippen LogP contribution in [0.2, 0.25) is 0 Å². The van der Waals surface area contributed by atoms with Crippen LogP contribution in [0.1, 0.15) is 43.2 Å². The van der Waals surface area contributed by atoms with Gasteiger partial charge in [0.1, 0.15) is 5.82 Å². The van der Waals surface area contributed by atoms with Gasteiger partial charge < -0.3 is 9.84 Å². The Morgan fingerprint density at radius 3 is 2.86 bits per heavy atom. The first-order chi connectivity index (χ1) is 10.5. The highest BCUT2D eigenvalue weighted by atomic mass is 19.1. The van der Waals surface area contributed by atoms with Gasteiger partial charge in [0.15, 0.2) is 0 Å². The van der Waals surface area contributed by atoms with Crippen LogP contribution in [0.25, 0.3) is 0 Å². The molecule has 4 nitrogen and oxygen atoms in total. The van der Waals surface area contributed by atoms with Crippen molar-refractivity contribution in [3.8, 4) is 0 Å². The number of halogens is 1. The topological polar surface area (TPSA) is 63.6 Å². The minimum Gasteiger partial charge on any atom is -0.481 e. The van der Waals surface area contributed by atoms with E-state index in [9.17, 15) is 14.0 Å². The smallest absolute Gasteiger partial charge is 0.306 e. The Labute approximate surface area is 129 Å². The van der Waals surface area contributed by atoms with Crippen LogP contribution in [0.3, 0.4) is 0 Å². The Morgan fingerprint density at radius 2 is 2.18 bits per heavy atom. The molecule has 0 unspecified atom stereocenters. The number of carboxylic acids is 1. The SMILES string of the molecule is COC(=O)C[C@]1(CCCC(=O)O)CCc2c(F)cccc2C1. The Hall–Kier alpha value is -1.91. The van der Waals surface area contributed by atoms with Crippen molar-refractivity contribution >= 4 is 11.9 Å². The molecule has 0 amide bonds. The number of carbonyl (C=O) groups excluding carboxylic acids is 1. The molecule has 1 aliphatic rings. The van der Waals surface area contributed by atoms with E-state index in [2.05, 4.69) is 0 Å². The Bertz CT molecular complexity index is 570. The molecule has 0 aromatic heterocycles. The number of ether oxygens (including phenoxy) is 1. The molecule has 0 saturated heterocycles. The maximum atomic E-state index is 13.8. The fourth-order valence-electron chi connectivity index (χ4n) is 3.38. The summed E-state index contributed by atoms with van der Waals surface area (Å²) in [7, 11) is 1.35. The first-order valence-corrected chi connectivity index (χ1v) is 7.51. The van der Waals surface area contributed by atoms with Crippen LogP contribution in [0, 0.1) is 11.2 Å². The summed E-state index contributed by atoms with van der Waals surface area (Å²) in [4.78, 5) is 22.5. The fraction of sp³-hybridized carbons (Fsp3) is 0.529. The molecule has 1 aromatic rings. The monoisotopic (exact) mass is 308 g/mol. The van der Waals surface area contributed by atoms with Crippen molar-refractivity contribution in [2.75, 3.05) is 7.11 Å². The zero-order chi connectivity index (χ0) is 16.2. The minimum atomic E-state index is -0.838. The first kappa shape index (κ1) is 16.5. The summed E-state index contributed by atoms with van der Waals surface area (Å²) in [6.07, 6.45) is 3.32. The molecule has 1 atom stereocenters. The molecule has 1 aliphatic carbocycles. The lowest BCUT2D eigenvalue weighted by Gasteiger charge is -2.37. The van der Waals surface area contributed by atoms with E-state index in [1.54, 1.807) is 6.07 Å². The van der Waals surface area contributed by atoms with Crippen LogP contribution >= 0.6 is 0 Å². The molecule has 0 aliphatic heterocycles. The molecule has 0 fully saturated rings. The fourth-order valence-corrected chi connectivity index (χ4v) is 3.38. The quantitative estimate of drug-likeness (QED) is 0.820. The third-order valence-corrected chi connectivity index (χ3v) is 4.53. The lowest BCUT2D eigenvalue weighted by Crippen LogP contribution is -2.32. The van der Waals surface area contributed by atoms with E-state index in [-0.39, 0.29) is 30.0 Å². The van der Waals surface area contributed by atoms with E-state index in [4.69, 9.17) is 9.84 Å². The molecule has 120 valence electrons. The highest BCUT2D eigenvalue weighted by Crippen LogP contribution is 2.43. The molecular weight excluding hydrogens is 287 g/mol. The maximum absolute atomic E-state index is 13.8. The molecular formula is C17H21FO4. The first-order valence-electron chi connectivity index (χ1n) is 7.51. The summed E-state index contributed by atoms with van der Waals surface area (Å²) in [5, 5.41) is 8.81. The lowest BCUT2D eigenvalue weighted by atomic mass is 9.67. The number of hydrogen-bond acceptors (Lipinski definition) is 3. The average molecular weight is 308 g/mol. The second-order valence-electron chi connectivity index (χ2n) is 6.05. The molecule has 0 spiro atoms. The lowest BCUT2D eigenvalue weighted by molar-refractivity contribution is -0.143. The second kappa shape index (κ2) is 6.90. The van der Waals surface area contributed by atoms with Crippen LogP contribution < -0.4 is 0 Å². The molecule has 2 rings (SSSR count). The summed E-state index contributed by atoms with van der Waals surface area (Å²) in [5.41, 5.74) is 1.32. The highest BCUT2D eigenvalue weighted by molar-refractivity contribution is 5.70. The number of carbonyl (C=O) groups is 2. The van der Waals surface area contributed by atoms with Crippen LogP contribution in [-0.2, 0) is 27.2 Å². The van der Waals surface area contributed by atoms with E-state index in [1.807, 2.05) is 6.07 Å². The molecule has 5 heteroatoms. The molecule has 0 saturated carbocycles. The summed E-state index contributed by atoms with van der Waals surface area (Å²) in [5.74, 6) is -1.33. The average Bonchev–Trinajstić information content (AvgIpc) is 2.46. The van der Waals surface area contributed by atoms with Crippen molar-refractivity contribution in [3.63, 3.8) is 0 Å². The molecule has 1 aromatic carbocycles. The molecule has 22 heavy (non-hydrogen) atoms. The van der Waals surface area contributed by atoms with Gasteiger partial charge in [0.05, 0.1) is 13.5 Å². The maximum Gasteiger partial charge on any atom is 0.306 e. The zero-order valence-electron chi connectivity index (χ0n) is 12.7. The van der Waals surface area contributed by atoms with Crippen molar-refractivity contribution in [1.82, 2.24) is 0 Å². The van der Waals surface area contributed by atoms with Gasteiger partial charge in [0.25, 0.3) is 0 Å². The van der Waals surface area contributed by atoms with E-state index >= 15 is 0 Å². The van der Waals surface area contributed by atoms with E-state index < -0.39 is 5.97 Å². The number of carboxylic acid groups (broad SMARTS) is 1. The number of rotatable bonds is 6. The van der Waals surface area contributed by atoms with Crippen molar-refractivity contribution in [1.29, 1.82) is 0 Å². The van der Waals surface area contributed by atoms with Gasteiger partial charge in [-0.05, 0) is 54.7 Å². The van der Waals surface area contributed by atoms with Gasteiger partial charge in [0.2, 0.25) is 0 Å². The normalized spacial score (nSPS) is 20.3. The van der Waals surface area contributed by atoms with E-state index in [0.29, 0.717) is 32.1 Å². The van der Waals surface area contributed by atoms with Crippen molar-refractivity contribution in [2.24, 2.45) is 5.41 Å². The number of fused-ring (bicyclic) bond motifs is 1. The van der Waals surface area contributed by atoms with E-state index in [0.717, 1.165) is 11.1 Å². The summed E-state index contributed by atoms with van der Waals surface area (Å²) >= 11 is 0. The second-order valence-corrected chi connectivity index (χ2v) is 6.05. The van der Waals surface area contributed by atoms with Crippen LogP contribution in [0.4, 0.5) is 4.39 Å². The minimum absolute atomic E-state index is 0.0823. The van der Waals surface area contributed by atoms with Gasteiger partial charge in [0, 0.05) is 6.42 Å². The Kier molecular flexibility index (Phi) is 5.16. The number of methoxy groups -OCH3 is 1.